The number of rotatable bonds is 3. The van der Waals surface area contributed by atoms with Crippen LogP contribution in [0.3, 0.4) is 0 Å². The van der Waals surface area contributed by atoms with Gasteiger partial charge >= 0.3 is 0 Å². The number of halogens is 1. The van der Waals surface area contributed by atoms with E-state index in [0.29, 0.717) is 6.04 Å². The van der Waals surface area contributed by atoms with Crippen molar-refractivity contribution in [3.63, 3.8) is 0 Å². The molecular formula is C14H21BrN2. The van der Waals surface area contributed by atoms with Crippen LogP contribution in [0.1, 0.15) is 30.4 Å². The Labute approximate surface area is 112 Å². The summed E-state index contributed by atoms with van der Waals surface area (Å²) >= 11 is 3.55. The van der Waals surface area contributed by atoms with Crippen LogP contribution in [-0.2, 0) is 6.54 Å². The number of aryl methyl sites for hydroxylation is 1. The highest BCUT2D eigenvalue weighted by molar-refractivity contribution is 9.10. The van der Waals surface area contributed by atoms with Crippen molar-refractivity contribution in [1.29, 1.82) is 0 Å². The molecule has 1 aliphatic rings. The number of nitrogens with zero attached hydrogens (tertiary/aromatic N) is 1. The molecule has 0 radical (unpaired) electrons. The zero-order valence-electron chi connectivity index (χ0n) is 10.5. The van der Waals surface area contributed by atoms with Crippen LogP contribution >= 0.6 is 15.9 Å². The van der Waals surface area contributed by atoms with Crippen LogP contribution in [0.4, 0.5) is 0 Å². The van der Waals surface area contributed by atoms with E-state index in [2.05, 4.69) is 46.0 Å². The van der Waals surface area contributed by atoms with E-state index in [0.717, 1.165) is 13.1 Å². The quantitative estimate of drug-likeness (QED) is 0.929. The summed E-state index contributed by atoms with van der Waals surface area (Å²) in [5.41, 5.74) is 8.56. The Balaban J connectivity index is 2.05. The Bertz CT molecular complexity index is 378. The van der Waals surface area contributed by atoms with Gasteiger partial charge in [-0.15, -0.1) is 0 Å². The first-order chi connectivity index (χ1) is 8.20. The van der Waals surface area contributed by atoms with E-state index in [1.165, 1.54) is 41.4 Å². The van der Waals surface area contributed by atoms with Crippen molar-refractivity contribution in [2.75, 3.05) is 13.1 Å². The number of hydrogen-bond acceptors (Lipinski definition) is 2. The van der Waals surface area contributed by atoms with E-state index >= 15 is 0 Å². The molecule has 0 aliphatic carbocycles. The molecule has 1 aromatic carbocycles. The fourth-order valence-corrected chi connectivity index (χ4v) is 2.82. The maximum atomic E-state index is 5.85. The summed E-state index contributed by atoms with van der Waals surface area (Å²) in [5.74, 6) is 0. The molecule has 3 heteroatoms. The second kappa shape index (κ2) is 5.98. The summed E-state index contributed by atoms with van der Waals surface area (Å²) in [6, 6.07) is 7.20. The summed E-state index contributed by atoms with van der Waals surface area (Å²) in [6.07, 6.45) is 3.90. The third-order valence-corrected chi connectivity index (χ3v) is 4.52. The molecule has 0 aromatic heterocycles. The minimum atomic E-state index is 0.577. The van der Waals surface area contributed by atoms with Crippen LogP contribution in [-0.4, -0.2) is 24.0 Å². The van der Waals surface area contributed by atoms with E-state index in [1.807, 2.05) is 0 Å². The molecule has 2 rings (SSSR count). The molecule has 1 atom stereocenters. The van der Waals surface area contributed by atoms with E-state index in [-0.39, 0.29) is 0 Å². The van der Waals surface area contributed by atoms with Gasteiger partial charge in [-0.3, -0.25) is 4.90 Å². The van der Waals surface area contributed by atoms with E-state index < -0.39 is 0 Å². The summed E-state index contributed by atoms with van der Waals surface area (Å²) < 4.78 is 1.19. The topological polar surface area (TPSA) is 29.3 Å². The van der Waals surface area contributed by atoms with Gasteiger partial charge in [0, 0.05) is 23.6 Å². The molecule has 1 unspecified atom stereocenters. The molecule has 0 spiro atoms. The van der Waals surface area contributed by atoms with Gasteiger partial charge in [-0.05, 0) is 43.5 Å². The molecule has 0 bridgehead atoms. The maximum absolute atomic E-state index is 5.85. The van der Waals surface area contributed by atoms with Gasteiger partial charge in [0.05, 0.1) is 0 Å². The average molecular weight is 297 g/mol. The van der Waals surface area contributed by atoms with Gasteiger partial charge in [0.2, 0.25) is 0 Å². The highest BCUT2D eigenvalue weighted by Crippen LogP contribution is 2.22. The monoisotopic (exact) mass is 296 g/mol. The molecule has 17 heavy (non-hydrogen) atoms. The van der Waals surface area contributed by atoms with Crippen LogP contribution in [0.5, 0.6) is 0 Å². The summed E-state index contributed by atoms with van der Waals surface area (Å²) in [4.78, 5) is 2.53. The Morgan fingerprint density at radius 2 is 2.24 bits per heavy atom. The molecule has 1 saturated heterocycles. The molecule has 2 N–H and O–H groups in total. The largest absolute Gasteiger partial charge is 0.329 e. The minimum Gasteiger partial charge on any atom is -0.329 e. The predicted molar refractivity (Wildman–Crippen MR) is 76.0 cm³/mol. The normalized spacial score (nSPS) is 21.7. The van der Waals surface area contributed by atoms with Crippen molar-refractivity contribution in [3.8, 4) is 0 Å². The summed E-state index contributed by atoms with van der Waals surface area (Å²) in [5, 5.41) is 0. The zero-order valence-corrected chi connectivity index (χ0v) is 12.0. The van der Waals surface area contributed by atoms with Gasteiger partial charge in [-0.2, -0.15) is 0 Å². The van der Waals surface area contributed by atoms with Crippen molar-refractivity contribution in [2.45, 2.75) is 38.8 Å². The van der Waals surface area contributed by atoms with Crippen LogP contribution in [0.2, 0.25) is 0 Å². The minimum absolute atomic E-state index is 0.577. The van der Waals surface area contributed by atoms with Gasteiger partial charge in [0.1, 0.15) is 0 Å². The van der Waals surface area contributed by atoms with Gasteiger partial charge in [0.15, 0.2) is 0 Å². The standard InChI is InChI=1S/C14H21BrN2/c1-11-8-12(5-6-14(11)15)10-17-7-3-2-4-13(17)9-16/h5-6,8,13H,2-4,7,9-10,16H2,1H3. The Kier molecular flexibility index (Phi) is 4.60. The lowest BCUT2D eigenvalue weighted by molar-refractivity contribution is 0.145. The van der Waals surface area contributed by atoms with E-state index in [9.17, 15) is 0 Å². The third-order valence-electron chi connectivity index (χ3n) is 3.63. The van der Waals surface area contributed by atoms with Crippen LogP contribution in [0, 0.1) is 6.92 Å². The molecule has 0 amide bonds. The predicted octanol–water partition coefficient (Wildman–Crippen LogP) is 3.07. The number of likely N-dealkylation sites (tertiary alicyclic amines) is 1. The third kappa shape index (κ3) is 3.30. The molecule has 1 aromatic rings. The zero-order chi connectivity index (χ0) is 12.3. The van der Waals surface area contributed by atoms with Gasteiger partial charge in [-0.25, -0.2) is 0 Å². The molecular weight excluding hydrogens is 276 g/mol. The van der Waals surface area contributed by atoms with Crippen LogP contribution < -0.4 is 5.73 Å². The van der Waals surface area contributed by atoms with E-state index in [1.54, 1.807) is 0 Å². The van der Waals surface area contributed by atoms with Crippen LogP contribution in [0.25, 0.3) is 0 Å². The van der Waals surface area contributed by atoms with Crippen molar-refractivity contribution in [3.05, 3.63) is 33.8 Å². The second-order valence-electron chi connectivity index (χ2n) is 4.94. The Morgan fingerprint density at radius 1 is 1.41 bits per heavy atom. The molecule has 1 aliphatic heterocycles. The molecule has 2 nitrogen and oxygen atoms in total. The lowest BCUT2D eigenvalue weighted by Crippen LogP contribution is -2.43. The highest BCUT2D eigenvalue weighted by Gasteiger charge is 2.20. The molecule has 0 saturated carbocycles. The van der Waals surface area contributed by atoms with Crippen molar-refractivity contribution < 1.29 is 0 Å². The first-order valence-corrected chi connectivity index (χ1v) is 7.19. The number of hydrogen-bond donors (Lipinski definition) is 1. The second-order valence-corrected chi connectivity index (χ2v) is 5.79. The summed E-state index contributed by atoms with van der Waals surface area (Å²) in [6.45, 7) is 5.16. The number of nitrogens with two attached hydrogens (primary N) is 1. The Hall–Kier alpha value is -0.380. The van der Waals surface area contributed by atoms with Crippen molar-refractivity contribution in [2.24, 2.45) is 5.73 Å². The molecule has 1 fully saturated rings. The van der Waals surface area contributed by atoms with Gasteiger partial charge in [-0.1, -0.05) is 34.5 Å². The van der Waals surface area contributed by atoms with Crippen molar-refractivity contribution in [1.82, 2.24) is 4.90 Å². The SMILES string of the molecule is Cc1cc(CN2CCCCC2CN)ccc1Br. The fraction of sp³-hybridized carbons (Fsp3) is 0.571. The average Bonchev–Trinajstić information content (AvgIpc) is 2.34. The maximum Gasteiger partial charge on any atom is 0.0237 e. The molecule has 94 valence electrons. The van der Waals surface area contributed by atoms with Crippen LogP contribution in [0.15, 0.2) is 22.7 Å². The fourth-order valence-electron chi connectivity index (χ4n) is 2.57. The lowest BCUT2D eigenvalue weighted by atomic mass is 10.0. The highest BCUT2D eigenvalue weighted by atomic mass is 79.9. The van der Waals surface area contributed by atoms with Gasteiger partial charge < -0.3 is 5.73 Å². The number of piperidine rings is 1. The van der Waals surface area contributed by atoms with Crippen molar-refractivity contribution >= 4 is 15.9 Å². The molecule has 1 heterocycles. The first kappa shape index (κ1) is 13.1. The van der Waals surface area contributed by atoms with Gasteiger partial charge in [0.25, 0.3) is 0 Å². The van der Waals surface area contributed by atoms with E-state index in [4.69, 9.17) is 5.73 Å². The smallest absolute Gasteiger partial charge is 0.0237 e. The number of benzene rings is 1. The lowest BCUT2D eigenvalue weighted by Gasteiger charge is -2.35. The summed E-state index contributed by atoms with van der Waals surface area (Å²) in [7, 11) is 0. The first-order valence-electron chi connectivity index (χ1n) is 6.40. The Morgan fingerprint density at radius 3 is 2.94 bits per heavy atom.